The second kappa shape index (κ2) is 9.48. The molecule has 0 spiro atoms. The average molecular weight is 383 g/mol. The molecule has 1 aromatic rings. The number of carbonyl (C=O) groups excluding carboxylic acids is 3. The van der Waals surface area contributed by atoms with Crippen molar-refractivity contribution in [3.05, 3.63) is 11.6 Å². The van der Waals surface area contributed by atoms with E-state index in [2.05, 4.69) is 10.3 Å². The fraction of sp³-hybridized carbons (Fsp3) is 0.625. The van der Waals surface area contributed by atoms with Crippen LogP contribution in [0, 0.1) is 5.92 Å². The number of amides is 4. The highest BCUT2D eigenvalue weighted by Crippen LogP contribution is 2.22. The number of urea groups is 1. The summed E-state index contributed by atoms with van der Waals surface area (Å²) < 4.78 is 0. The van der Waals surface area contributed by atoms with Crippen molar-refractivity contribution in [2.24, 2.45) is 5.92 Å². The molecule has 1 atom stereocenters. The molecular weight excluding hydrogens is 358 g/mol. The molecule has 0 bridgehead atoms. The lowest BCUT2D eigenvalue weighted by molar-refractivity contribution is -0.129. The summed E-state index contributed by atoms with van der Waals surface area (Å²) in [6, 6.07) is -0.962. The fourth-order valence-corrected chi connectivity index (χ4v) is 3.32. The number of carbonyl (C=O) groups is 3. The molecule has 0 aromatic carbocycles. The molecule has 1 aromatic heterocycles. The van der Waals surface area contributed by atoms with Crippen molar-refractivity contribution < 1.29 is 19.6 Å². The molecule has 9 nitrogen and oxygen atoms in total. The van der Waals surface area contributed by atoms with E-state index < -0.39 is 11.9 Å². The summed E-state index contributed by atoms with van der Waals surface area (Å²) in [6.45, 7) is 4.62. The first-order valence-electron chi connectivity index (χ1n) is 8.61. The van der Waals surface area contributed by atoms with Crippen LogP contribution in [0.5, 0.6) is 0 Å². The lowest BCUT2D eigenvalue weighted by Gasteiger charge is -2.31. The van der Waals surface area contributed by atoms with E-state index in [1.165, 1.54) is 21.1 Å². The van der Waals surface area contributed by atoms with Crippen molar-refractivity contribution in [1.82, 2.24) is 20.3 Å². The van der Waals surface area contributed by atoms with Crippen molar-refractivity contribution in [1.29, 1.82) is 0 Å². The monoisotopic (exact) mass is 383 g/mol. The normalized spacial score (nSPS) is 16.6. The third-order valence-corrected chi connectivity index (χ3v) is 4.86. The van der Waals surface area contributed by atoms with Crippen molar-refractivity contribution in [2.75, 3.05) is 25.0 Å². The van der Waals surface area contributed by atoms with E-state index in [0.29, 0.717) is 43.4 Å². The number of likely N-dealkylation sites (tertiary alicyclic amines) is 1. The predicted octanol–water partition coefficient (Wildman–Crippen LogP) is 1.52. The van der Waals surface area contributed by atoms with Crippen LogP contribution in [0.4, 0.5) is 9.93 Å². The first-order valence-corrected chi connectivity index (χ1v) is 9.49. The second-order valence-electron chi connectivity index (χ2n) is 6.60. The Morgan fingerprint density at radius 1 is 1.46 bits per heavy atom. The second-order valence-corrected chi connectivity index (χ2v) is 7.49. The molecule has 3 N–H and O–H groups in total. The van der Waals surface area contributed by atoms with Gasteiger partial charge in [-0.25, -0.2) is 15.3 Å². The van der Waals surface area contributed by atoms with E-state index in [-0.39, 0.29) is 18.5 Å². The van der Waals surface area contributed by atoms with Gasteiger partial charge in [-0.05, 0) is 25.2 Å². The van der Waals surface area contributed by atoms with Crippen LogP contribution < -0.4 is 10.8 Å². The molecule has 144 valence electrons. The van der Waals surface area contributed by atoms with Crippen molar-refractivity contribution in [2.45, 2.75) is 39.2 Å². The molecule has 0 aliphatic carbocycles. The van der Waals surface area contributed by atoms with Crippen molar-refractivity contribution in [3.8, 4) is 0 Å². The Labute approximate surface area is 156 Å². The minimum atomic E-state index is -0.662. The first kappa shape index (κ1) is 20.1. The lowest BCUT2D eigenvalue weighted by atomic mass is 10.1. The van der Waals surface area contributed by atoms with Crippen LogP contribution in [0.1, 0.15) is 33.1 Å². The van der Waals surface area contributed by atoms with E-state index in [1.54, 1.807) is 17.1 Å². The molecule has 2 rings (SSSR count). The number of rotatable bonds is 7. The Hall–Kier alpha value is -2.20. The van der Waals surface area contributed by atoms with Gasteiger partial charge in [-0.2, -0.15) is 0 Å². The Kier molecular flexibility index (Phi) is 7.34. The summed E-state index contributed by atoms with van der Waals surface area (Å²) in [7, 11) is 0. The van der Waals surface area contributed by atoms with Gasteiger partial charge in [0.2, 0.25) is 5.91 Å². The number of hydroxylamine groups is 1. The molecule has 2 heterocycles. The summed E-state index contributed by atoms with van der Waals surface area (Å²) in [5.74, 6) is -0.587. The van der Waals surface area contributed by atoms with Gasteiger partial charge in [0.05, 0.1) is 0 Å². The minimum absolute atomic E-state index is 0.251. The number of anilines is 1. The van der Waals surface area contributed by atoms with E-state index >= 15 is 0 Å². The smallest absolute Gasteiger partial charge is 0.315 e. The molecular formula is C16H25N5O4S. The zero-order valence-corrected chi connectivity index (χ0v) is 15.8. The van der Waals surface area contributed by atoms with Gasteiger partial charge in [-0.3, -0.25) is 14.8 Å². The predicted molar refractivity (Wildman–Crippen MR) is 96.8 cm³/mol. The van der Waals surface area contributed by atoms with E-state index in [0.717, 1.165) is 0 Å². The van der Waals surface area contributed by atoms with Gasteiger partial charge in [-0.15, -0.1) is 11.3 Å². The molecule has 1 aliphatic rings. The number of hydrogen-bond donors (Lipinski definition) is 3. The number of nitrogens with zero attached hydrogens (tertiary/aromatic N) is 3. The van der Waals surface area contributed by atoms with Crippen LogP contribution >= 0.6 is 11.3 Å². The highest BCUT2D eigenvalue weighted by molar-refractivity contribution is 7.13. The Morgan fingerprint density at radius 2 is 2.23 bits per heavy atom. The number of aromatic nitrogens is 1. The molecule has 1 saturated heterocycles. The number of hydrogen-bond acceptors (Lipinski definition) is 6. The third kappa shape index (κ3) is 5.40. The average Bonchev–Trinajstić information content (AvgIpc) is 3.28. The van der Waals surface area contributed by atoms with Crippen LogP contribution in [0.2, 0.25) is 0 Å². The molecule has 0 unspecified atom stereocenters. The first-order chi connectivity index (χ1) is 12.4. The maximum absolute atomic E-state index is 12.9. The van der Waals surface area contributed by atoms with Gasteiger partial charge in [0.15, 0.2) is 5.13 Å². The van der Waals surface area contributed by atoms with Gasteiger partial charge in [-0.1, -0.05) is 13.8 Å². The van der Waals surface area contributed by atoms with Gasteiger partial charge < -0.3 is 15.1 Å². The van der Waals surface area contributed by atoms with Crippen LogP contribution in [0.25, 0.3) is 0 Å². The minimum Gasteiger partial charge on any atom is -0.315 e. The number of nitrogens with one attached hydrogen (secondary N) is 2. The molecule has 26 heavy (non-hydrogen) atoms. The zero-order chi connectivity index (χ0) is 19.1. The topological polar surface area (TPSA) is 115 Å². The Balaban J connectivity index is 2.06. The number of thiazole rings is 1. The third-order valence-electron chi connectivity index (χ3n) is 4.17. The van der Waals surface area contributed by atoms with Gasteiger partial charge in [0.25, 0.3) is 5.91 Å². The maximum Gasteiger partial charge on any atom is 0.321 e. The summed E-state index contributed by atoms with van der Waals surface area (Å²) >= 11 is 1.31. The lowest BCUT2D eigenvalue weighted by Crippen LogP contribution is -2.51. The SMILES string of the molecule is CC(C)CCN(CC(=O)NO)C(=O)N1CCC[C@H]1C(=O)Nc1nccs1. The largest absolute Gasteiger partial charge is 0.321 e. The molecule has 10 heteroatoms. The Bertz CT molecular complexity index is 622. The quantitative estimate of drug-likeness (QED) is 0.488. The molecule has 1 fully saturated rings. The maximum atomic E-state index is 12.9. The van der Waals surface area contributed by atoms with E-state index in [9.17, 15) is 14.4 Å². The van der Waals surface area contributed by atoms with Gasteiger partial charge >= 0.3 is 6.03 Å². The summed E-state index contributed by atoms with van der Waals surface area (Å²) in [4.78, 5) is 43.9. The van der Waals surface area contributed by atoms with Crippen LogP contribution in [0.3, 0.4) is 0 Å². The fourth-order valence-electron chi connectivity index (χ4n) is 2.79. The van der Waals surface area contributed by atoms with Gasteiger partial charge in [0, 0.05) is 24.7 Å². The van der Waals surface area contributed by atoms with Crippen LogP contribution in [-0.4, -0.2) is 63.5 Å². The molecule has 0 saturated carbocycles. The summed E-state index contributed by atoms with van der Waals surface area (Å²) in [5, 5.41) is 13.7. The molecule has 0 radical (unpaired) electrons. The van der Waals surface area contributed by atoms with Crippen LogP contribution in [-0.2, 0) is 9.59 Å². The zero-order valence-electron chi connectivity index (χ0n) is 15.0. The molecule has 1 aliphatic heterocycles. The summed E-state index contributed by atoms with van der Waals surface area (Å²) in [6.07, 6.45) is 3.59. The van der Waals surface area contributed by atoms with E-state index in [4.69, 9.17) is 5.21 Å². The highest BCUT2D eigenvalue weighted by atomic mass is 32.1. The van der Waals surface area contributed by atoms with E-state index in [1.807, 2.05) is 13.8 Å². The van der Waals surface area contributed by atoms with Gasteiger partial charge in [0.1, 0.15) is 12.6 Å². The van der Waals surface area contributed by atoms with Crippen LogP contribution in [0.15, 0.2) is 11.6 Å². The molecule has 4 amide bonds. The van der Waals surface area contributed by atoms with Crippen molar-refractivity contribution >= 4 is 34.3 Å². The van der Waals surface area contributed by atoms with Crippen molar-refractivity contribution in [3.63, 3.8) is 0 Å². The Morgan fingerprint density at radius 3 is 2.85 bits per heavy atom. The standard InChI is InChI=1S/C16H25N5O4S/c1-11(2)5-8-20(10-13(22)19-25)16(24)21-7-3-4-12(21)14(23)18-15-17-6-9-26-15/h6,9,11-12,25H,3-5,7-8,10H2,1-2H3,(H,19,22)(H,17,18,23)/t12-/m0/s1. The summed E-state index contributed by atoms with van der Waals surface area (Å²) in [5.41, 5.74) is 1.55. The highest BCUT2D eigenvalue weighted by Gasteiger charge is 2.37.